The minimum absolute atomic E-state index is 0.822. The molecule has 0 amide bonds. The minimum Gasteiger partial charge on any atom is -0.314 e. The normalized spacial score (nSPS) is 34.8. The number of rotatable bonds is 3. The average Bonchev–Trinajstić information content (AvgIpc) is 3.08. The molecule has 0 aromatic carbocycles. The highest BCUT2D eigenvalue weighted by atomic mass is 15.0. The fourth-order valence-corrected chi connectivity index (χ4v) is 3.54. The highest BCUT2D eigenvalue weighted by Crippen LogP contribution is 2.59. The van der Waals surface area contributed by atoms with Gasteiger partial charge in [-0.2, -0.15) is 0 Å². The second kappa shape index (κ2) is 4.08. The summed E-state index contributed by atoms with van der Waals surface area (Å²) in [6.45, 7) is 1.34. The van der Waals surface area contributed by atoms with Crippen LogP contribution in [0.3, 0.4) is 0 Å². The van der Waals surface area contributed by atoms with Crippen molar-refractivity contribution in [2.75, 3.05) is 6.54 Å². The smallest absolute Gasteiger partial charge is 0.00683 e. The van der Waals surface area contributed by atoms with Crippen LogP contribution in [0.4, 0.5) is 0 Å². The lowest BCUT2D eigenvalue weighted by Crippen LogP contribution is -2.22. The molecule has 1 unspecified atom stereocenters. The lowest BCUT2D eigenvalue weighted by Gasteiger charge is -2.20. The first-order valence-electron chi connectivity index (χ1n) is 7.12. The van der Waals surface area contributed by atoms with Crippen LogP contribution in [0.25, 0.3) is 0 Å². The van der Waals surface area contributed by atoms with E-state index in [-0.39, 0.29) is 0 Å². The maximum atomic E-state index is 3.73. The lowest BCUT2D eigenvalue weighted by atomic mass is 9.86. The maximum absolute atomic E-state index is 3.73. The van der Waals surface area contributed by atoms with Gasteiger partial charge in [-0.25, -0.2) is 0 Å². The molecule has 0 saturated heterocycles. The zero-order chi connectivity index (χ0) is 10.1. The molecule has 1 nitrogen and oxygen atoms in total. The molecule has 86 valence electrons. The molecule has 3 aliphatic carbocycles. The highest BCUT2D eigenvalue weighted by molar-refractivity contribution is 5.03. The molecule has 0 heterocycles. The van der Waals surface area contributed by atoms with Crippen LogP contribution in [0.5, 0.6) is 0 Å². The first kappa shape index (κ1) is 10.1. The third kappa shape index (κ3) is 2.38. The van der Waals surface area contributed by atoms with Gasteiger partial charge in [-0.1, -0.05) is 32.1 Å². The molecule has 0 radical (unpaired) electrons. The molecule has 0 aliphatic heterocycles. The molecule has 3 fully saturated rings. The quantitative estimate of drug-likeness (QED) is 0.747. The van der Waals surface area contributed by atoms with Crippen LogP contribution in [0.2, 0.25) is 0 Å². The summed E-state index contributed by atoms with van der Waals surface area (Å²) in [5.41, 5.74) is 0.822. The van der Waals surface area contributed by atoms with Crippen molar-refractivity contribution in [1.82, 2.24) is 5.32 Å². The Kier molecular flexibility index (Phi) is 2.76. The van der Waals surface area contributed by atoms with E-state index in [0.717, 1.165) is 17.4 Å². The van der Waals surface area contributed by atoms with Gasteiger partial charge in [-0.05, 0) is 50.0 Å². The fourth-order valence-electron chi connectivity index (χ4n) is 3.54. The van der Waals surface area contributed by atoms with E-state index in [9.17, 15) is 0 Å². The van der Waals surface area contributed by atoms with Crippen LogP contribution in [0.15, 0.2) is 0 Å². The molecule has 3 saturated carbocycles. The van der Waals surface area contributed by atoms with Crippen molar-refractivity contribution in [3.8, 4) is 0 Å². The van der Waals surface area contributed by atoms with Gasteiger partial charge in [0.1, 0.15) is 0 Å². The fraction of sp³-hybridized carbons (Fsp3) is 1.00. The second-order valence-corrected chi connectivity index (χ2v) is 6.21. The Labute approximate surface area is 94.0 Å². The predicted molar refractivity (Wildman–Crippen MR) is 63.9 cm³/mol. The summed E-state index contributed by atoms with van der Waals surface area (Å²) in [6.07, 6.45) is 15.1. The summed E-state index contributed by atoms with van der Waals surface area (Å²) in [6, 6.07) is 0.913. The molecule has 0 aromatic heterocycles. The van der Waals surface area contributed by atoms with Crippen LogP contribution >= 0.6 is 0 Å². The van der Waals surface area contributed by atoms with Crippen LogP contribution in [0.1, 0.15) is 64.2 Å². The molecule has 1 spiro atoms. The van der Waals surface area contributed by atoms with Gasteiger partial charge in [0.2, 0.25) is 0 Å². The van der Waals surface area contributed by atoms with E-state index >= 15 is 0 Å². The Morgan fingerprint density at radius 2 is 1.60 bits per heavy atom. The third-order valence-corrected chi connectivity index (χ3v) is 4.94. The summed E-state index contributed by atoms with van der Waals surface area (Å²) in [4.78, 5) is 0. The van der Waals surface area contributed by atoms with E-state index in [1.165, 1.54) is 51.5 Å². The van der Waals surface area contributed by atoms with E-state index in [1.54, 1.807) is 19.3 Å². The van der Waals surface area contributed by atoms with Gasteiger partial charge in [0, 0.05) is 6.04 Å². The Bertz CT molecular complexity index is 211. The number of nitrogens with one attached hydrogen (secondary N) is 1. The monoisotopic (exact) mass is 207 g/mol. The molecule has 0 bridgehead atoms. The zero-order valence-corrected chi connectivity index (χ0v) is 9.93. The second-order valence-electron chi connectivity index (χ2n) is 6.21. The van der Waals surface area contributed by atoms with Crippen LogP contribution in [-0.2, 0) is 0 Å². The van der Waals surface area contributed by atoms with Gasteiger partial charge in [0.05, 0.1) is 0 Å². The Morgan fingerprint density at radius 1 is 0.933 bits per heavy atom. The number of hydrogen-bond donors (Lipinski definition) is 1. The van der Waals surface area contributed by atoms with E-state index in [0.29, 0.717) is 0 Å². The van der Waals surface area contributed by atoms with Gasteiger partial charge in [-0.15, -0.1) is 0 Å². The van der Waals surface area contributed by atoms with E-state index < -0.39 is 0 Å². The average molecular weight is 207 g/mol. The summed E-state index contributed by atoms with van der Waals surface area (Å²) in [5, 5.41) is 3.73. The molecule has 0 aromatic rings. The molecule has 3 aliphatic rings. The van der Waals surface area contributed by atoms with Crippen molar-refractivity contribution in [2.24, 2.45) is 11.3 Å². The zero-order valence-electron chi connectivity index (χ0n) is 9.93. The molecule has 3 rings (SSSR count). The van der Waals surface area contributed by atoms with Crippen LogP contribution in [0, 0.1) is 11.3 Å². The molecule has 15 heavy (non-hydrogen) atoms. The standard InChI is InChI=1S/C14H25N/c1-2-4-8-14(9-5-3-1)10-12(14)11-15-13-6-7-13/h12-13,15H,1-11H2. The largest absolute Gasteiger partial charge is 0.314 e. The molecular formula is C14H25N. The summed E-state index contributed by atoms with van der Waals surface area (Å²) in [7, 11) is 0. The molecule has 1 atom stereocenters. The van der Waals surface area contributed by atoms with Gasteiger partial charge < -0.3 is 5.32 Å². The van der Waals surface area contributed by atoms with Crippen molar-refractivity contribution in [3.63, 3.8) is 0 Å². The topological polar surface area (TPSA) is 12.0 Å². The van der Waals surface area contributed by atoms with Crippen molar-refractivity contribution in [2.45, 2.75) is 70.3 Å². The maximum Gasteiger partial charge on any atom is 0.00683 e. The van der Waals surface area contributed by atoms with E-state index in [2.05, 4.69) is 5.32 Å². The first-order valence-corrected chi connectivity index (χ1v) is 7.12. The Balaban J connectivity index is 1.46. The van der Waals surface area contributed by atoms with Crippen molar-refractivity contribution < 1.29 is 0 Å². The van der Waals surface area contributed by atoms with Crippen molar-refractivity contribution in [3.05, 3.63) is 0 Å². The van der Waals surface area contributed by atoms with Crippen LogP contribution in [-0.4, -0.2) is 12.6 Å². The van der Waals surface area contributed by atoms with Crippen LogP contribution < -0.4 is 5.32 Å². The molecular weight excluding hydrogens is 182 g/mol. The Hall–Kier alpha value is -0.0400. The predicted octanol–water partition coefficient (Wildman–Crippen LogP) is 3.49. The molecule has 1 N–H and O–H groups in total. The third-order valence-electron chi connectivity index (χ3n) is 4.94. The molecule has 1 heteroatoms. The highest BCUT2D eigenvalue weighted by Gasteiger charge is 2.52. The lowest BCUT2D eigenvalue weighted by molar-refractivity contribution is 0.325. The Morgan fingerprint density at radius 3 is 2.27 bits per heavy atom. The SMILES string of the molecule is C1CCCC2(CCC1)CC2CNC1CC1. The summed E-state index contributed by atoms with van der Waals surface area (Å²) >= 11 is 0. The van der Waals surface area contributed by atoms with E-state index in [1.807, 2.05) is 0 Å². The first-order chi connectivity index (χ1) is 7.39. The van der Waals surface area contributed by atoms with E-state index in [4.69, 9.17) is 0 Å². The van der Waals surface area contributed by atoms with Crippen molar-refractivity contribution in [1.29, 1.82) is 0 Å². The van der Waals surface area contributed by atoms with Gasteiger partial charge in [0.15, 0.2) is 0 Å². The summed E-state index contributed by atoms with van der Waals surface area (Å²) < 4.78 is 0. The van der Waals surface area contributed by atoms with Crippen molar-refractivity contribution >= 4 is 0 Å². The minimum atomic E-state index is 0.822. The van der Waals surface area contributed by atoms with Gasteiger partial charge >= 0.3 is 0 Å². The number of hydrogen-bond acceptors (Lipinski definition) is 1. The van der Waals surface area contributed by atoms with Gasteiger partial charge in [0.25, 0.3) is 0 Å². The van der Waals surface area contributed by atoms with Gasteiger partial charge in [-0.3, -0.25) is 0 Å². The summed E-state index contributed by atoms with van der Waals surface area (Å²) in [5.74, 6) is 1.05.